The molecule has 0 radical (unpaired) electrons. The summed E-state index contributed by atoms with van der Waals surface area (Å²) < 4.78 is 26.8. The van der Waals surface area contributed by atoms with Gasteiger partial charge in [-0.3, -0.25) is 9.89 Å². The molecule has 2 N–H and O–H groups in total. The molecule has 7 heteroatoms. The summed E-state index contributed by atoms with van der Waals surface area (Å²) in [6.45, 7) is 3.89. The number of aliphatic imine (C=N–C) groups is 1. The minimum Gasteiger partial charge on any atom is -0.355 e. The number of benzene rings is 1. The molecule has 2 heterocycles. The van der Waals surface area contributed by atoms with E-state index < -0.39 is 11.6 Å². The van der Waals surface area contributed by atoms with E-state index >= 15 is 0 Å². The first kappa shape index (κ1) is 17.8. The van der Waals surface area contributed by atoms with Crippen molar-refractivity contribution in [1.29, 1.82) is 0 Å². The molecule has 1 aromatic carbocycles. The van der Waals surface area contributed by atoms with Crippen LogP contribution >= 0.6 is 11.3 Å². The molecule has 4 nitrogen and oxygen atoms in total. The van der Waals surface area contributed by atoms with Crippen molar-refractivity contribution >= 4 is 17.3 Å². The normalized spacial score (nSPS) is 15.1. The summed E-state index contributed by atoms with van der Waals surface area (Å²) in [6.07, 6.45) is 1.11. The fraction of sp³-hybridized carbons (Fsp3) is 0.389. The van der Waals surface area contributed by atoms with Crippen LogP contribution in [-0.4, -0.2) is 37.5 Å². The molecule has 1 aliphatic rings. The van der Waals surface area contributed by atoms with Gasteiger partial charge in [0.25, 0.3) is 0 Å². The van der Waals surface area contributed by atoms with Gasteiger partial charge in [0.15, 0.2) is 5.96 Å². The predicted octanol–water partition coefficient (Wildman–Crippen LogP) is 2.75. The van der Waals surface area contributed by atoms with Crippen molar-refractivity contribution in [2.45, 2.75) is 19.5 Å². The summed E-state index contributed by atoms with van der Waals surface area (Å²) >= 11 is 1.84. The minimum absolute atomic E-state index is 0.186. The largest absolute Gasteiger partial charge is 0.355 e. The van der Waals surface area contributed by atoms with Crippen LogP contribution in [0.25, 0.3) is 0 Å². The van der Waals surface area contributed by atoms with Gasteiger partial charge in [0, 0.05) is 50.2 Å². The Kier molecular flexibility index (Phi) is 5.99. The lowest BCUT2D eigenvalue weighted by molar-refractivity contribution is 0.260. The average Bonchev–Trinajstić information content (AvgIpc) is 3.08. The molecule has 0 saturated carbocycles. The van der Waals surface area contributed by atoms with Gasteiger partial charge in [-0.25, -0.2) is 8.78 Å². The standard InChI is InChI=1S/C18H22F2N4S/c1-21-18(23-11-14-10-15(19)2-3-16(14)20)22-6-8-24-7-4-17-13(12-24)5-9-25-17/h2-3,5,9-10H,4,6-8,11-12H2,1H3,(H2,21,22,23). The molecule has 0 atom stereocenters. The third-order valence-corrected chi connectivity index (χ3v) is 5.31. The van der Waals surface area contributed by atoms with Crippen LogP contribution in [0.5, 0.6) is 0 Å². The number of guanidine groups is 1. The Morgan fingerprint density at radius 3 is 3.00 bits per heavy atom. The monoisotopic (exact) mass is 364 g/mol. The summed E-state index contributed by atoms with van der Waals surface area (Å²) in [7, 11) is 1.66. The van der Waals surface area contributed by atoms with Crippen molar-refractivity contribution in [3.05, 3.63) is 57.3 Å². The van der Waals surface area contributed by atoms with E-state index in [9.17, 15) is 8.78 Å². The zero-order valence-corrected chi connectivity index (χ0v) is 15.0. The van der Waals surface area contributed by atoms with Crippen molar-refractivity contribution in [2.75, 3.05) is 26.7 Å². The number of thiophene rings is 1. The fourth-order valence-corrected chi connectivity index (χ4v) is 3.80. The maximum Gasteiger partial charge on any atom is 0.191 e. The van der Waals surface area contributed by atoms with Crippen LogP contribution in [0.4, 0.5) is 8.78 Å². The van der Waals surface area contributed by atoms with Gasteiger partial charge in [-0.2, -0.15) is 0 Å². The van der Waals surface area contributed by atoms with Gasteiger partial charge in [0.05, 0.1) is 0 Å². The minimum atomic E-state index is -0.445. The third-order valence-electron chi connectivity index (χ3n) is 4.28. The van der Waals surface area contributed by atoms with Gasteiger partial charge in [0.2, 0.25) is 0 Å². The number of nitrogens with zero attached hydrogens (tertiary/aromatic N) is 2. The van der Waals surface area contributed by atoms with E-state index in [4.69, 9.17) is 0 Å². The number of nitrogens with one attached hydrogen (secondary N) is 2. The summed E-state index contributed by atoms with van der Waals surface area (Å²) in [5.74, 6) is -0.292. The lowest BCUT2D eigenvalue weighted by Crippen LogP contribution is -2.42. The molecular weight excluding hydrogens is 342 g/mol. The van der Waals surface area contributed by atoms with E-state index in [1.54, 1.807) is 7.05 Å². The summed E-state index contributed by atoms with van der Waals surface area (Å²) in [6, 6.07) is 5.65. The smallest absolute Gasteiger partial charge is 0.191 e. The summed E-state index contributed by atoms with van der Waals surface area (Å²) in [4.78, 5) is 8.03. The zero-order valence-electron chi connectivity index (χ0n) is 14.2. The fourth-order valence-electron chi connectivity index (χ4n) is 2.91. The number of hydrogen-bond acceptors (Lipinski definition) is 3. The number of halogens is 2. The molecule has 0 fully saturated rings. The molecule has 134 valence electrons. The van der Waals surface area contributed by atoms with E-state index in [0.29, 0.717) is 5.96 Å². The maximum absolute atomic E-state index is 13.6. The molecule has 0 saturated heterocycles. The third kappa shape index (κ3) is 4.76. The first-order valence-corrected chi connectivity index (χ1v) is 9.19. The lowest BCUT2D eigenvalue weighted by Gasteiger charge is -2.27. The predicted molar refractivity (Wildman–Crippen MR) is 97.9 cm³/mol. The second kappa shape index (κ2) is 8.40. The first-order valence-electron chi connectivity index (χ1n) is 8.32. The molecule has 1 aromatic heterocycles. The van der Waals surface area contributed by atoms with Gasteiger partial charge < -0.3 is 10.6 Å². The molecule has 0 spiro atoms. The molecular formula is C18H22F2N4S. The summed E-state index contributed by atoms with van der Waals surface area (Å²) in [5.41, 5.74) is 1.71. The maximum atomic E-state index is 13.6. The second-order valence-electron chi connectivity index (χ2n) is 5.98. The van der Waals surface area contributed by atoms with Crippen LogP contribution in [0.3, 0.4) is 0 Å². The van der Waals surface area contributed by atoms with Crippen LogP contribution in [0.2, 0.25) is 0 Å². The van der Waals surface area contributed by atoms with Crippen molar-refractivity contribution in [1.82, 2.24) is 15.5 Å². The van der Waals surface area contributed by atoms with E-state index in [0.717, 1.165) is 44.7 Å². The van der Waals surface area contributed by atoms with Crippen LogP contribution < -0.4 is 10.6 Å². The SMILES string of the molecule is CN=C(NCCN1CCc2sccc2C1)NCc1cc(F)ccc1F. The van der Waals surface area contributed by atoms with Gasteiger partial charge in [-0.15, -0.1) is 11.3 Å². The number of fused-ring (bicyclic) bond motifs is 1. The van der Waals surface area contributed by atoms with Gasteiger partial charge in [0.1, 0.15) is 11.6 Å². The van der Waals surface area contributed by atoms with Crippen LogP contribution in [0.1, 0.15) is 16.0 Å². The van der Waals surface area contributed by atoms with Crippen molar-refractivity contribution in [3.63, 3.8) is 0 Å². The highest BCUT2D eigenvalue weighted by Crippen LogP contribution is 2.23. The molecule has 0 aliphatic carbocycles. The molecule has 3 rings (SSSR count). The molecule has 0 bridgehead atoms. The van der Waals surface area contributed by atoms with E-state index in [2.05, 4.69) is 32.0 Å². The van der Waals surface area contributed by atoms with E-state index in [1.807, 2.05) is 11.3 Å². The topological polar surface area (TPSA) is 39.7 Å². The molecule has 25 heavy (non-hydrogen) atoms. The van der Waals surface area contributed by atoms with Crippen LogP contribution in [-0.2, 0) is 19.5 Å². The highest BCUT2D eigenvalue weighted by Gasteiger charge is 2.16. The zero-order chi connectivity index (χ0) is 17.6. The van der Waals surface area contributed by atoms with Gasteiger partial charge in [-0.1, -0.05) is 0 Å². The quantitative estimate of drug-likeness (QED) is 0.633. The van der Waals surface area contributed by atoms with Crippen molar-refractivity contribution in [3.8, 4) is 0 Å². The van der Waals surface area contributed by atoms with Gasteiger partial charge in [-0.05, 0) is 41.6 Å². The Balaban J connectivity index is 1.43. The first-order chi connectivity index (χ1) is 12.2. The average molecular weight is 364 g/mol. The molecule has 1 aliphatic heterocycles. The Bertz CT molecular complexity index is 744. The Hall–Kier alpha value is -1.99. The number of hydrogen-bond donors (Lipinski definition) is 2. The van der Waals surface area contributed by atoms with E-state index in [1.165, 1.54) is 16.5 Å². The molecule has 0 amide bonds. The summed E-state index contributed by atoms with van der Waals surface area (Å²) in [5, 5.41) is 8.40. The molecule has 2 aromatic rings. The highest BCUT2D eigenvalue weighted by molar-refractivity contribution is 7.10. The van der Waals surface area contributed by atoms with Crippen molar-refractivity contribution in [2.24, 2.45) is 4.99 Å². The van der Waals surface area contributed by atoms with Crippen molar-refractivity contribution < 1.29 is 8.78 Å². The Labute approximate surface area is 150 Å². The molecule has 0 unspecified atom stereocenters. The van der Waals surface area contributed by atoms with Crippen LogP contribution in [0, 0.1) is 11.6 Å². The number of rotatable bonds is 5. The van der Waals surface area contributed by atoms with Crippen LogP contribution in [0.15, 0.2) is 34.6 Å². The Morgan fingerprint density at radius 1 is 1.28 bits per heavy atom. The lowest BCUT2D eigenvalue weighted by atomic mass is 10.1. The van der Waals surface area contributed by atoms with E-state index in [-0.39, 0.29) is 12.1 Å². The van der Waals surface area contributed by atoms with Gasteiger partial charge >= 0.3 is 0 Å². The highest BCUT2D eigenvalue weighted by atomic mass is 32.1. The second-order valence-corrected chi connectivity index (χ2v) is 6.98. The Morgan fingerprint density at radius 2 is 2.16 bits per heavy atom.